The van der Waals surface area contributed by atoms with Crippen molar-refractivity contribution in [3.63, 3.8) is 0 Å². The van der Waals surface area contributed by atoms with Gasteiger partial charge in [0.05, 0.1) is 0 Å². The van der Waals surface area contributed by atoms with Crippen LogP contribution in [0.15, 0.2) is 15.4 Å². The van der Waals surface area contributed by atoms with E-state index in [-0.39, 0.29) is 702 Å². The Kier molecular flexibility index (Phi) is 218. The van der Waals surface area contributed by atoms with Gasteiger partial charge in [0.2, 0.25) is 0 Å². The molecule has 0 amide bonds. The number of imidazole rings is 2. The molecule has 0 spiro atoms. The normalized spacial score (nSPS) is 9.26. The van der Waals surface area contributed by atoms with Crippen molar-refractivity contribution < 1.29 is 699 Å². The summed E-state index contributed by atoms with van der Waals surface area (Å²) in [6.07, 6.45) is 20.2. The van der Waals surface area contributed by atoms with Crippen LogP contribution >= 0.6 is 24.0 Å². The molecule has 0 fully saturated rings. The predicted molar refractivity (Wildman–Crippen MR) is 254 cm³/mol. The molecule has 89 heavy (non-hydrogen) atoms. The molecule has 8 heterocycles. The Morgan fingerprint density at radius 3 is 1.13 bits per heavy atom. The van der Waals surface area contributed by atoms with E-state index in [1.807, 2.05) is 40.9 Å². The Labute approximate surface area is 1030 Å². The van der Waals surface area contributed by atoms with Crippen molar-refractivity contribution in [1.82, 2.24) is 39.9 Å². The van der Waals surface area contributed by atoms with Crippen molar-refractivity contribution in [2.45, 2.75) is 112 Å². The fraction of sp³-hybridized carbons (Fsp3) is 0.405. The second-order valence-corrected chi connectivity index (χ2v) is 17.0. The number of fused-ring (bicyclic) bond motifs is 4. The smallest absolute Gasteiger partial charge is 0.00792 e. The molecule has 16 nitrogen and oxygen atoms in total. The minimum absolute atomic E-state index is 0. The van der Waals surface area contributed by atoms with Crippen molar-refractivity contribution in [3.8, 4) is 0 Å². The van der Waals surface area contributed by atoms with E-state index < -0.39 is 9.52 Å². The molecule has 0 saturated carbocycles. The minimum atomic E-state index is -2.37. The molecule has 1 unspecified atom stereocenters. The Balaban J connectivity index is -0.0000000205. The molecule has 47 heteroatoms. The van der Waals surface area contributed by atoms with Gasteiger partial charge in [-0.3, -0.25) is 15.9 Å². The van der Waals surface area contributed by atoms with E-state index in [2.05, 4.69) is 119 Å². The first-order chi connectivity index (χ1) is 28.2. The number of nitrogens with zero attached hydrogens (tertiary/aromatic N) is 11. The number of hydrazone groups is 1. The predicted octanol–water partition coefficient (Wildman–Crippen LogP) is 5.73. The fourth-order valence-electron chi connectivity index (χ4n) is 6.43. The summed E-state index contributed by atoms with van der Waals surface area (Å²) in [4.78, 5) is 34.7. The van der Waals surface area contributed by atoms with Gasteiger partial charge in [-0.15, -0.1) is 79.0 Å². The maximum Gasteiger partial charge on any atom is 0.00792 e. The van der Waals surface area contributed by atoms with Gasteiger partial charge in [0.1, 0.15) is 0 Å². The molecule has 2 aliphatic rings. The summed E-state index contributed by atoms with van der Waals surface area (Å²) >= 11 is 6.61. The molecule has 8 rings (SSSR count). The zero-order valence-corrected chi connectivity index (χ0v) is 109. The average Bonchev–Trinajstić information content (AvgIpc) is 4.03. The van der Waals surface area contributed by atoms with Crippen LogP contribution in [0.2, 0.25) is 0 Å². The summed E-state index contributed by atoms with van der Waals surface area (Å²) in [5.41, 5.74) is 15.7. The van der Waals surface area contributed by atoms with E-state index in [0.29, 0.717) is 22.9 Å². The first-order valence-corrected chi connectivity index (χ1v) is 22.6. The molecule has 448 valence electrons. The Morgan fingerprint density at radius 2 is 0.820 bits per heavy atom. The number of thioether (sulfide) groups is 1. The second-order valence-electron chi connectivity index (χ2n) is 13.4. The van der Waals surface area contributed by atoms with Crippen molar-refractivity contribution in [2.24, 2.45) is 22.6 Å². The molecule has 8 N–H and O–H groups in total. The Hall–Kier alpha value is 17.5. The van der Waals surface area contributed by atoms with Crippen LogP contribution in [-0.4, -0.2) is 68.8 Å². The van der Waals surface area contributed by atoms with Crippen LogP contribution in [-0.2, 0) is 737 Å². The van der Waals surface area contributed by atoms with E-state index in [1.54, 1.807) is 11.8 Å². The number of pyridine rings is 4. The topological polar surface area (TPSA) is 273 Å². The van der Waals surface area contributed by atoms with Gasteiger partial charge in [0, 0.05) is 696 Å². The number of nitrogens with two attached hydrogens (primary N) is 3. The van der Waals surface area contributed by atoms with Gasteiger partial charge < -0.3 is 66.9 Å². The number of rotatable bonds is 6. The van der Waals surface area contributed by atoms with Gasteiger partial charge >= 0.3 is 0 Å². The summed E-state index contributed by atoms with van der Waals surface area (Å²) in [7, 11) is -2.37. The number of hydrogen-bond donors (Lipinski definition) is 3. The molecule has 1 atom stereocenters. The molecule has 0 saturated heterocycles. The van der Waals surface area contributed by atoms with E-state index in [1.165, 1.54) is 22.9 Å². The number of hydrazine groups is 1. The SMILES string of the molecule is C.C=S(C)(=O)c1nc2[c-]nc(C)c(CC)c2[n-]1.CCc1c(C)n[c-]c2c1[N-]/C(=N\N)C2.CCc1c(C)n[c-]c2c1[N-]C(=S)C2.CCc1c(C)n[c-]c2nc(SC)[n-]c12.NN.O.[V].[V].[V].[V].[V].[V].[V].[V].[V].[V].[V].[V].[V].[V].[V].[V].[Y].[Y].[Y].[Y].[Y].[Y].[Y].[Y].[Y].[Y].[Y].[Y]. The number of aryl methyl sites for hydroxylation is 6. The molecule has 2 aliphatic heterocycles. The Bertz CT molecular complexity index is 2690. The van der Waals surface area contributed by atoms with Crippen molar-refractivity contribution in [3.05, 3.63) is 91.6 Å². The van der Waals surface area contributed by atoms with E-state index in [4.69, 9.17) is 18.1 Å². The van der Waals surface area contributed by atoms with Gasteiger partial charge in [-0.2, -0.15) is 11.1 Å². The molecule has 0 aliphatic carbocycles. The number of hydrogen-bond acceptors (Lipinski definition) is 13. The fourth-order valence-corrected chi connectivity index (χ4v) is 7.60. The maximum absolute atomic E-state index is 11.8. The van der Waals surface area contributed by atoms with Gasteiger partial charge in [0.15, 0.2) is 0 Å². The van der Waals surface area contributed by atoms with Gasteiger partial charge in [0.25, 0.3) is 0 Å². The Morgan fingerprint density at radius 1 is 0.528 bits per heavy atom. The minimum Gasteiger partial charge on any atom is -0.710 e. The zero-order chi connectivity index (χ0) is 43.6. The zero-order valence-electron chi connectivity index (χ0n) is 49.8. The third-order valence-electron chi connectivity index (χ3n) is 9.39. The van der Waals surface area contributed by atoms with Crippen LogP contribution in [0, 0.1) is 52.5 Å². The summed E-state index contributed by atoms with van der Waals surface area (Å²) < 4.78 is 11.8. The number of amidine groups is 1. The summed E-state index contributed by atoms with van der Waals surface area (Å²) in [6.45, 7) is 16.2. The summed E-state index contributed by atoms with van der Waals surface area (Å²) in [5, 5.41) is 13.4. The molecule has 0 bridgehead atoms. The molecular weight excluding hydrogens is 2710 g/mol. The van der Waals surface area contributed by atoms with Crippen LogP contribution in [0.4, 0.5) is 11.4 Å². The van der Waals surface area contributed by atoms with Crippen LogP contribution in [0.3, 0.4) is 0 Å². The monoisotopic (exact) mass is 2770 g/mol. The molecule has 6 aromatic heterocycles. The third-order valence-corrected chi connectivity index (χ3v) is 11.1. The standard InChI is InChI=1S/C11H13N3OS.C10H12N4.C10H11N3S.C10H11N2S.CH4.H4N2.H2O.16V.12Y/c1-5-8-7(2)12-6-9-10(8)14-11(13-9)16(3,4)15;1-3-8-6(2)12-5-7-4-9(14-11)13-10(7)8;1-4-7-6(2)11-5-8-9(7)13-10(12-8)14-3;1-3-8-6(2)11-5-7-4-9(13)12-10(7)8;;1-2;;;;;;;;;;;;;;;;;;;;;;;;;;;;;/h3,5H2,1-2,4H3;3-4,11H2,1-2H3;4H2,1-3H3;3-4H2,1-2H3,(H,11,12,13);1H4;1-2H2;1H2;;;;;;;;;;;;;;;;;;;;;;;;;;;;/q3*-2;-1;;;;;;;;;;;;;;;;;;;;;;;;;;;;;;;/p-1. The summed E-state index contributed by atoms with van der Waals surface area (Å²) in [6, 6.07) is 0. The first-order valence-electron chi connectivity index (χ1n) is 18.8. The first kappa shape index (κ1) is 188. The molecular formula is C42H56N14O2S3V16Y12-8. The summed E-state index contributed by atoms with van der Waals surface area (Å²) in [5.74, 6) is 17.5. The average molecular weight is 2770 g/mol. The van der Waals surface area contributed by atoms with Gasteiger partial charge in [-0.1, -0.05) is 142 Å². The number of thiocarbonyl (C=S) groups is 1. The van der Waals surface area contributed by atoms with Crippen molar-refractivity contribution in [1.29, 1.82) is 0 Å². The maximum atomic E-state index is 11.8. The quantitative estimate of drug-likeness (QED) is 0.0591. The van der Waals surface area contributed by atoms with Crippen LogP contribution in [0.25, 0.3) is 32.7 Å². The van der Waals surface area contributed by atoms with Crippen LogP contribution in [0.5, 0.6) is 0 Å². The van der Waals surface area contributed by atoms with Gasteiger partial charge in [-0.25, -0.2) is 5.69 Å². The van der Waals surface area contributed by atoms with Crippen LogP contribution < -0.4 is 27.5 Å². The molecule has 0 aromatic carbocycles. The van der Waals surface area contributed by atoms with E-state index in [0.717, 1.165) is 110 Å². The number of aromatic nitrogens is 8. The van der Waals surface area contributed by atoms with Gasteiger partial charge in [-0.05, 0) is 44.8 Å². The molecule has 28 radical (unpaired) electrons. The third kappa shape index (κ3) is 61.6. The van der Waals surface area contributed by atoms with Crippen molar-refractivity contribution in [2.75, 3.05) is 12.5 Å². The second kappa shape index (κ2) is 104. The van der Waals surface area contributed by atoms with E-state index in [9.17, 15) is 4.21 Å². The van der Waals surface area contributed by atoms with Crippen molar-refractivity contribution >= 4 is 83.6 Å². The van der Waals surface area contributed by atoms with Crippen LogP contribution in [0.1, 0.15) is 91.3 Å². The van der Waals surface area contributed by atoms with E-state index >= 15 is 0 Å². The molecule has 6 aromatic rings. The largest absolute Gasteiger partial charge is 0.710 e.